The second-order valence-corrected chi connectivity index (χ2v) is 2.66. The van der Waals surface area contributed by atoms with Crippen LogP contribution in [0.1, 0.15) is 15.9 Å². The highest BCUT2D eigenvalue weighted by molar-refractivity contribution is 5.95. The van der Waals surface area contributed by atoms with Gasteiger partial charge in [-0.25, -0.2) is 0 Å². The molecule has 15 heavy (non-hydrogen) atoms. The van der Waals surface area contributed by atoms with Gasteiger partial charge in [-0.3, -0.25) is 4.79 Å². The van der Waals surface area contributed by atoms with Crippen molar-refractivity contribution in [3.63, 3.8) is 0 Å². The van der Waals surface area contributed by atoms with Gasteiger partial charge in [-0.05, 0) is 18.2 Å². The van der Waals surface area contributed by atoms with Crippen molar-refractivity contribution in [2.24, 2.45) is 5.18 Å². The number of alkyl halides is 3. The van der Waals surface area contributed by atoms with Crippen LogP contribution in [0.25, 0.3) is 0 Å². The van der Waals surface area contributed by atoms with Crippen LogP contribution in [0.5, 0.6) is 5.75 Å². The van der Waals surface area contributed by atoms with E-state index >= 15 is 0 Å². The van der Waals surface area contributed by atoms with Gasteiger partial charge in [0.05, 0.1) is 5.56 Å². The number of hydrogen-bond acceptors (Lipinski definition) is 3. The van der Waals surface area contributed by atoms with Crippen molar-refractivity contribution in [1.82, 2.24) is 0 Å². The summed E-state index contributed by atoms with van der Waals surface area (Å²) in [5.74, 6) is -2.12. The van der Waals surface area contributed by atoms with Crippen molar-refractivity contribution < 1.29 is 23.1 Å². The van der Waals surface area contributed by atoms with E-state index in [0.717, 1.165) is 6.07 Å². The van der Waals surface area contributed by atoms with E-state index in [4.69, 9.17) is 5.11 Å². The molecule has 0 aromatic heterocycles. The molecule has 0 radical (unpaired) electrons. The van der Waals surface area contributed by atoms with Crippen molar-refractivity contribution in [1.29, 1.82) is 0 Å². The molecule has 0 atom stereocenters. The molecule has 0 fully saturated rings. The molecule has 0 spiro atoms. The smallest absolute Gasteiger partial charge is 0.416 e. The third-order valence-electron chi connectivity index (χ3n) is 1.57. The number of benzene rings is 1. The van der Waals surface area contributed by atoms with Gasteiger partial charge in [-0.15, -0.1) is 4.91 Å². The predicted molar refractivity (Wildman–Crippen MR) is 43.2 cm³/mol. The summed E-state index contributed by atoms with van der Waals surface area (Å²) >= 11 is 0. The highest BCUT2D eigenvalue weighted by Crippen LogP contribution is 2.32. The molecule has 1 aromatic carbocycles. The first-order valence-electron chi connectivity index (χ1n) is 3.63. The van der Waals surface area contributed by atoms with Crippen molar-refractivity contribution >= 4 is 5.91 Å². The Balaban J connectivity index is 3.28. The SMILES string of the molecule is O=NC(=O)c1cc(O)cc(C(F)(F)F)c1. The second kappa shape index (κ2) is 3.68. The van der Waals surface area contributed by atoms with E-state index in [1.165, 1.54) is 0 Å². The first-order chi connectivity index (χ1) is 6.84. The molecule has 0 aliphatic heterocycles. The molecule has 4 nitrogen and oxygen atoms in total. The quantitative estimate of drug-likeness (QED) is 0.737. The fourth-order valence-corrected chi connectivity index (χ4v) is 0.951. The molecular formula is C8H4F3NO3. The summed E-state index contributed by atoms with van der Waals surface area (Å²) in [6.45, 7) is 0. The summed E-state index contributed by atoms with van der Waals surface area (Å²) in [5, 5.41) is 10.9. The summed E-state index contributed by atoms with van der Waals surface area (Å²) in [7, 11) is 0. The Morgan fingerprint density at radius 1 is 1.27 bits per heavy atom. The molecule has 0 heterocycles. The monoisotopic (exact) mass is 219 g/mol. The number of nitrogens with zero attached hydrogens (tertiary/aromatic N) is 1. The van der Waals surface area contributed by atoms with Gasteiger partial charge < -0.3 is 5.11 Å². The molecule has 1 rings (SSSR count). The lowest BCUT2D eigenvalue weighted by Crippen LogP contribution is -2.06. The van der Waals surface area contributed by atoms with Gasteiger partial charge in [0.2, 0.25) is 0 Å². The van der Waals surface area contributed by atoms with Gasteiger partial charge in [0, 0.05) is 10.7 Å². The molecule has 7 heteroatoms. The van der Waals surface area contributed by atoms with E-state index in [-0.39, 0.29) is 0 Å². The van der Waals surface area contributed by atoms with E-state index in [1.807, 2.05) is 5.18 Å². The molecule has 0 saturated heterocycles. The van der Waals surface area contributed by atoms with Gasteiger partial charge in [0.1, 0.15) is 5.75 Å². The minimum absolute atomic E-state index is 0.446. The number of nitroso groups, excluding NO2 is 1. The average Bonchev–Trinajstić information content (AvgIpc) is 2.14. The standard InChI is InChI=1S/C8H4F3NO3/c9-8(10,11)5-1-4(7(14)12-15)2-6(13)3-5/h1-3,13H. The lowest BCUT2D eigenvalue weighted by atomic mass is 10.1. The van der Waals surface area contributed by atoms with Crippen molar-refractivity contribution in [3.05, 3.63) is 34.2 Å². The molecule has 1 aromatic rings. The van der Waals surface area contributed by atoms with E-state index in [2.05, 4.69) is 0 Å². The second-order valence-electron chi connectivity index (χ2n) is 2.66. The Morgan fingerprint density at radius 2 is 1.87 bits per heavy atom. The first kappa shape index (κ1) is 11.2. The molecule has 80 valence electrons. The molecule has 0 bridgehead atoms. The number of rotatable bonds is 1. The number of phenols is 1. The fourth-order valence-electron chi connectivity index (χ4n) is 0.951. The molecule has 1 amide bonds. The first-order valence-corrected chi connectivity index (χ1v) is 3.63. The topological polar surface area (TPSA) is 66.7 Å². The Labute approximate surface area is 81.3 Å². The highest BCUT2D eigenvalue weighted by Gasteiger charge is 2.31. The zero-order valence-corrected chi connectivity index (χ0v) is 7.08. The number of halogens is 3. The molecular weight excluding hydrogens is 215 g/mol. The van der Waals surface area contributed by atoms with Crippen LogP contribution in [-0.2, 0) is 6.18 Å². The van der Waals surface area contributed by atoms with Crippen LogP contribution in [0.4, 0.5) is 13.2 Å². The Morgan fingerprint density at radius 3 is 2.33 bits per heavy atom. The molecule has 0 saturated carbocycles. The zero-order valence-electron chi connectivity index (χ0n) is 7.08. The molecule has 0 aliphatic rings. The Bertz CT molecular complexity index is 414. The van der Waals surface area contributed by atoms with Gasteiger partial charge in [0.25, 0.3) is 0 Å². The molecule has 1 N–H and O–H groups in total. The molecule has 0 unspecified atom stereocenters. The third-order valence-corrected chi connectivity index (χ3v) is 1.57. The van der Waals surface area contributed by atoms with Crippen LogP contribution in [0.2, 0.25) is 0 Å². The Kier molecular flexibility index (Phi) is 2.74. The van der Waals surface area contributed by atoms with Crippen molar-refractivity contribution in [3.8, 4) is 5.75 Å². The summed E-state index contributed by atoms with van der Waals surface area (Å²) in [5.41, 5.74) is -1.81. The summed E-state index contributed by atoms with van der Waals surface area (Å²) in [4.78, 5) is 20.5. The minimum Gasteiger partial charge on any atom is -0.508 e. The van der Waals surface area contributed by atoms with Gasteiger partial charge >= 0.3 is 12.1 Å². The maximum atomic E-state index is 12.2. The summed E-state index contributed by atoms with van der Waals surface area (Å²) in [6.07, 6.45) is -4.70. The number of carbonyl (C=O) groups is 1. The van der Waals surface area contributed by atoms with Crippen LogP contribution in [0, 0.1) is 4.91 Å². The number of carbonyl (C=O) groups excluding carboxylic acids is 1. The Hall–Kier alpha value is -1.92. The van der Waals surface area contributed by atoms with Gasteiger partial charge in [-0.2, -0.15) is 13.2 Å². The van der Waals surface area contributed by atoms with Gasteiger partial charge in [-0.1, -0.05) is 0 Å². The van der Waals surface area contributed by atoms with Crippen LogP contribution in [-0.4, -0.2) is 11.0 Å². The lowest BCUT2D eigenvalue weighted by Gasteiger charge is -2.07. The van der Waals surface area contributed by atoms with E-state index in [1.54, 1.807) is 0 Å². The summed E-state index contributed by atoms with van der Waals surface area (Å²) < 4.78 is 36.6. The zero-order chi connectivity index (χ0) is 11.6. The van der Waals surface area contributed by atoms with Gasteiger partial charge in [0.15, 0.2) is 0 Å². The number of amides is 1. The fraction of sp³-hybridized carbons (Fsp3) is 0.125. The van der Waals surface area contributed by atoms with E-state index in [9.17, 15) is 22.9 Å². The van der Waals surface area contributed by atoms with Crippen LogP contribution in [0.15, 0.2) is 23.4 Å². The van der Waals surface area contributed by atoms with E-state index in [0.29, 0.717) is 12.1 Å². The highest BCUT2D eigenvalue weighted by atomic mass is 19.4. The third kappa shape index (κ3) is 2.52. The van der Waals surface area contributed by atoms with Crippen molar-refractivity contribution in [2.75, 3.05) is 0 Å². The number of hydrogen-bond donors (Lipinski definition) is 1. The number of aromatic hydroxyl groups is 1. The predicted octanol–water partition coefficient (Wildman–Crippen LogP) is 2.32. The van der Waals surface area contributed by atoms with E-state index < -0.39 is 29.0 Å². The largest absolute Gasteiger partial charge is 0.508 e. The lowest BCUT2D eigenvalue weighted by molar-refractivity contribution is -0.137. The molecule has 0 aliphatic carbocycles. The van der Waals surface area contributed by atoms with Crippen LogP contribution in [0.3, 0.4) is 0 Å². The van der Waals surface area contributed by atoms with Crippen LogP contribution < -0.4 is 0 Å². The summed E-state index contributed by atoms with van der Waals surface area (Å²) in [6, 6.07) is 1.63. The maximum Gasteiger partial charge on any atom is 0.416 e. The minimum atomic E-state index is -4.70. The average molecular weight is 219 g/mol. The maximum absolute atomic E-state index is 12.2. The number of phenolic OH excluding ortho intramolecular Hbond substituents is 1. The van der Waals surface area contributed by atoms with Crippen molar-refractivity contribution in [2.45, 2.75) is 6.18 Å². The van der Waals surface area contributed by atoms with Crippen LogP contribution >= 0.6 is 0 Å². The normalized spacial score (nSPS) is 11.1.